The van der Waals surface area contributed by atoms with Gasteiger partial charge < -0.3 is 14.6 Å². The largest absolute Gasteiger partial charge is 0.383 e. The Morgan fingerprint density at radius 3 is 1.62 bits per heavy atom. The van der Waals surface area contributed by atoms with E-state index in [1.807, 2.05) is 0 Å². The van der Waals surface area contributed by atoms with Crippen LogP contribution in [0.5, 0.6) is 0 Å². The predicted molar refractivity (Wildman–Crippen MR) is 191 cm³/mol. The average molecular weight is 735 g/mol. The Labute approximate surface area is 285 Å². The molecule has 4 rings (SSSR count). The Balaban J connectivity index is 0.000000287. The van der Waals surface area contributed by atoms with Crippen molar-refractivity contribution in [2.45, 2.75) is 115 Å². The maximum atomic E-state index is 13.1. The molecule has 1 saturated carbocycles. The zero-order valence-corrected chi connectivity index (χ0v) is 34.5. The number of rotatable bonds is 7. The molecule has 2 aliphatic rings. The van der Waals surface area contributed by atoms with Gasteiger partial charge in [0.05, 0.1) is 18.9 Å². The van der Waals surface area contributed by atoms with Gasteiger partial charge in [0.1, 0.15) is 32.6 Å². The van der Waals surface area contributed by atoms with E-state index in [0.29, 0.717) is 55.5 Å². The molecular weight excluding hydrogens is 677 g/mol. The summed E-state index contributed by atoms with van der Waals surface area (Å²) in [5, 5.41) is 11.3. The van der Waals surface area contributed by atoms with E-state index >= 15 is 0 Å². The molecule has 0 radical (unpaired) electrons. The first-order chi connectivity index (χ1) is 21.1. The minimum absolute atomic E-state index is 0.0396. The van der Waals surface area contributed by atoms with Crippen molar-refractivity contribution in [2.24, 2.45) is 0 Å². The monoisotopic (exact) mass is 734 g/mol. The summed E-state index contributed by atoms with van der Waals surface area (Å²) in [4.78, 5) is 9.12. The van der Waals surface area contributed by atoms with Gasteiger partial charge in [-0.1, -0.05) is 67.7 Å². The van der Waals surface area contributed by atoms with E-state index in [1.54, 1.807) is 6.20 Å². The highest BCUT2D eigenvalue weighted by molar-refractivity contribution is 7.88. The summed E-state index contributed by atoms with van der Waals surface area (Å²) >= 11 is 0. The number of hydrogen-bond acceptors (Lipinski definition) is 9. The molecule has 2 aromatic rings. The fourth-order valence-corrected chi connectivity index (χ4v) is 12.3. The van der Waals surface area contributed by atoms with Gasteiger partial charge in [0.15, 0.2) is 5.79 Å². The zero-order chi connectivity index (χ0) is 36.2. The van der Waals surface area contributed by atoms with Gasteiger partial charge in [0, 0.05) is 59.6 Å². The summed E-state index contributed by atoms with van der Waals surface area (Å²) in [7, 11) is -5.44. The number of nitrogens with zero attached hydrogens (tertiary/aromatic N) is 6. The van der Waals surface area contributed by atoms with Crippen molar-refractivity contribution in [1.82, 2.24) is 26.5 Å². The minimum Gasteiger partial charge on any atom is -0.383 e. The first-order valence-corrected chi connectivity index (χ1v) is 24.9. The maximum Gasteiger partial charge on any atom is 0.308 e. The summed E-state index contributed by atoms with van der Waals surface area (Å²) in [5.41, 5.74) is 0.500. The lowest BCUT2D eigenvalue weighted by molar-refractivity contribution is -0.204. The topological polar surface area (TPSA) is 149 Å². The van der Waals surface area contributed by atoms with Crippen LogP contribution >= 0.6 is 0 Å². The molecule has 1 N–H and O–H groups in total. The van der Waals surface area contributed by atoms with Crippen LogP contribution in [-0.4, -0.2) is 112 Å². The number of aromatic nitrogens is 4. The molecule has 3 heterocycles. The zero-order valence-electron chi connectivity index (χ0n) is 30.9. The molecule has 2 aromatic heterocycles. The molecule has 270 valence electrons. The Kier molecular flexibility index (Phi) is 11.1. The van der Waals surface area contributed by atoms with Gasteiger partial charge in [-0.15, -0.1) is 0 Å². The highest BCUT2D eigenvalue weighted by Crippen LogP contribution is 2.45. The fraction of sp³-hybridized carbons (Fsp3) is 0.800. The highest BCUT2D eigenvalue weighted by atomic mass is 32.2. The number of ether oxygens (including phenoxy) is 2. The van der Waals surface area contributed by atoms with Crippen molar-refractivity contribution in [2.75, 3.05) is 41.4 Å². The summed E-state index contributed by atoms with van der Waals surface area (Å²) < 4.78 is 67.2. The lowest BCUT2D eigenvalue weighted by atomic mass is 9.79. The van der Waals surface area contributed by atoms with Crippen molar-refractivity contribution < 1.29 is 31.4 Å². The average Bonchev–Trinajstić information content (AvgIpc) is 3.70. The van der Waals surface area contributed by atoms with Crippen LogP contribution in [-0.2, 0) is 35.5 Å². The van der Waals surface area contributed by atoms with Gasteiger partial charge >= 0.3 is 20.4 Å². The predicted octanol–water partition coefficient (Wildman–Crippen LogP) is 3.01. The molecule has 2 fully saturated rings. The van der Waals surface area contributed by atoms with E-state index in [4.69, 9.17) is 14.5 Å². The summed E-state index contributed by atoms with van der Waals surface area (Å²) in [6, 6.07) is 0. The second kappa shape index (κ2) is 13.0. The smallest absolute Gasteiger partial charge is 0.308 e. The molecule has 0 amide bonds. The van der Waals surface area contributed by atoms with Crippen molar-refractivity contribution in [3.8, 4) is 0 Å². The van der Waals surface area contributed by atoms with Gasteiger partial charge in [-0.25, -0.2) is 17.9 Å². The SMILES string of the molecule is CN(C)S(=O)(=O)n1cc(C2(O)CCC3(CC2)OCCO3)nc1[Si](C)(C)C(C)(C)C.CN(C)S(=O)(=O)n1ccnc1[Si](C)(C)C(C)(C)C. The Hall–Kier alpha value is -1.45. The molecular formula is C30H58N6O7S2Si2. The van der Waals surface area contributed by atoms with Gasteiger partial charge in [-0.05, 0) is 22.9 Å². The molecule has 13 nitrogen and oxygen atoms in total. The van der Waals surface area contributed by atoms with E-state index < -0.39 is 48.0 Å². The van der Waals surface area contributed by atoms with Crippen LogP contribution in [0.2, 0.25) is 36.3 Å². The van der Waals surface area contributed by atoms with Crippen molar-refractivity contribution in [1.29, 1.82) is 0 Å². The third kappa shape index (κ3) is 7.52. The van der Waals surface area contributed by atoms with E-state index in [1.165, 1.54) is 57.1 Å². The molecule has 0 atom stereocenters. The Morgan fingerprint density at radius 2 is 1.19 bits per heavy atom. The summed E-state index contributed by atoms with van der Waals surface area (Å²) in [6.07, 6.45) is 6.59. The van der Waals surface area contributed by atoms with Crippen LogP contribution in [0.25, 0.3) is 0 Å². The standard InChI is InChI=1S/C19H35N3O5SSi.C11H23N3O2SSi/c1-17(2,3)29(6,7)16-20-15(14-22(16)28(24,25)21(4)5)18(23)8-10-19(11-9-18)26-12-13-27-19;1-11(2,3)18(6,7)10-12-8-9-14(10)17(15,16)13(4)5/h14,23H,8-13H2,1-7H3;8-9H,1-7H3. The molecule has 0 unspecified atom stereocenters. The third-order valence-electron chi connectivity index (χ3n) is 10.7. The highest BCUT2D eigenvalue weighted by Gasteiger charge is 2.50. The van der Waals surface area contributed by atoms with Gasteiger partial charge in [-0.2, -0.15) is 25.4 Å². The molecule has 0 aromatic carbocycles. The molecule has 0 bridgehead atoms. The number of imidazole rings is 2. The van der Waals surface area contributed by atoms with Gasteiger partial charge in [0.25, 0.3) is 0 Å². The number of hydrogen-bond donors (Lipinski definition) is 1. The van der Waals surface area contributed by atoms with Crippen LogP contribution in [0.1, 0.15) is 72.9 Å². The Morgan fingerprint density at radius 1 is 0.766 bits per heavy atom. The summed E-state index contributed by atoms with van der Waals surface area (Å²) in [5.74, 6) is -0.604. The minimum atomic E-state index is -3.76. The van der Waals surface area contributed by atoms with Crippen LogP contribution in [0.4, 0.5) is 0 Å². The second-order valence-corrected chi connectivity index (χ2v) is 30.7. The molecule has 1 aliphatic carbocycles. The number of aliphatic hydroxyl groups is 1. The molecule has 1 spiro atoms. The molecule has 1 saturated heterocycles. The molecule has 47 heavy (non-hydrogen) atoms. The lowest BCUT2D eigenvalue weighted by Gasteiger charge is -2.39. The van der Waals surface area contributed by atoms with Crippen LogP contribution < -0.4 is 10.9 Å². The van der Waals surface area contributed by atoms with E-state index in [0.717, 1.165) is 0 Å². The van der Waals surface area contributed by atoms with E-state index in [-0.39, 0.29) is 10.1 Å². The van der Waals surface area contributed by atoms with E-state index in [2.05, 4.69) is 72.7 Å². The van der Waals surface area contributed by atoms with Crippen molar-refractivity contribution in [3.63, 3.8) is 0 Å². The molecule has 17 heteroatoms. The van der Waals surface area contributed by atoms with Crippen LogP contribution in [0.15, 0.2) is 18.6 Å². The fourth-order valence-electron chi connectivity index (χ4n) is 5.20. The first-order valence-electron chi connectivity index (χ1n) is 16.1. The maximum absolute atomic E-state index is 13.1. The van der Waals surface area contributed by atoms with Crippen LogP contribution in [0, 0.1) is 0 Å². The second-order valence-electron chi connectivity index (χ2n) is 16.3. The quantitative estimate of drug-likeness (QED) is 0.424. The molecule has 1 aliphatic heterocycles. The lowest BCUT2D eigenvalue weighted by Crippen LogP contribution is -2.56. The Bertz CT molecular complexity index is 1620. The normalized spacial score (nSPS) is 19.3. The van der Waals surface area contributed by atoms with Gasteiger partial charge in [0.2, 0.25) is 0 Å². The van der Waals surface area contributed by atoms with Crippen molar-refractivity contribution in [3.05, 3.63) is 24.3 Å². The summed E-state index contributed by atoms with van der Waals surface area (Å²) in [6.45, 7) is 22.5. The third-order valence-corrected chi connectivity index (χ3v) is 24.9. The van der Waals surface area contributed by atoms with Gasteiger partial charge in [-0.3, -0.25) is 0 Å². The first kappa shape index (κ1) is 40.0. The van der Waals surface area contributed by atoms with Crippen LogP contribution in [0.3, 0.4) is 0 Å². The van der Waals surface area contributed by atoms with Crippen molar-refractivity contribution >= 4 is 47.5 Å². The van der Waals surface area contributed by atoms with E-state index in [9.17, 15) is 21.9 Å².